The molecule has 0 bridgehead atoms. The van der Waals surface area contributed by atoms with Crippen LogP contribution in [0, 0.1) is 12.8 Å². The highest BCUT2D eigenvalue weighted by molar-refractivity contribution is 5.77. The van der Waals surface area contributed by atoms with Crippen LogP contribution in [-0.4, -0.2) is 17.6 Å². The average Bonchev–Trinajstić information content (AvgIpc) is 2.98. The number of aryl methyl sites for hydroxylation is 1. The minimum absolute atomic E-state index is 0.0628. The molecule has 0 amide bonds. The van der Waals surface area contributed by atoms with Gasteiger partial charge in [-0.05, 0) is 43.4 Å². The molecule has 2 atom stereocenters. The summed E-state index contributed by atoms with van der Waals surface area (Å²) in [5.41, 5.74) is 2.40. The summed E-state index contributed by atoms with van der Waals surface area (Å²) in [5.74, 6) is 0.330. The van der Waals surface area contributed by atoms with Gasteiger partial charge < -0.3 is 4.74 Å². The van der Waals surface area contributed by atoms with Crippen molar-refractivity contribution in [1.82, 2.24) is 4.98 Å². The van der Waals surface area contributed by atoms with Gasteiger partial charge in [0.25, 0.3) is 0 Å². The van der Waals surface area contributed by atoms with E-state index in [-0.39, 0.29) is 11.9 Å². The Morgan fingerprint density at radius 3 is 3.13 bits per heavy atom. The lowest BCUT2D eigenvalue weighted by Crippen LogP contribution is -2.07. The molecule has 0 radical (unpaired) electrons. The molecule has 1 aliphatic rings. The van der Waals surface area contributed by atoms with Crippen LogP contribution < -0.4 is 0 Å². The van der Waals surface area contributed by atoms with Crippen molar-refractivity contribution in [3.05, 3.63) is 29.6 Å². The van der Waals surface area contributed by atoms with Crippen LogP contribution in [0.25, 0.3) is 0 Å². The molecule has 3 nitrogen and oxygen atoms in total. The van der Waals surface area contributed by atoms with Crippen molar-refractivity contribution in [3.63, 3.8) is 0 Å². The Bertz CT molecular complexity index is 376. The van der Waals surface area contributed by atoms with Gasteiger partial charge in [-0.1, -0.05) is 0 Å². The van der Waals surface area contributed by atoms with Crippen molar-refractivity contribution in [1.29, 1.82) is 0 Å². The van der Waals surface area contributed by atoms with Crippen LogP contribution >= 0.6 is 0 Å². The number of carbonyl (C=O) groups is 1. The zero-order valence-corrected chi connectivity index (χ0v) is 9.06. The Balaban J connectivity index is 2.05. The van der Waals surface area contributed by atoms with Crippen LogP contribution in [0.15, 0.2) is 18.5 Å². The Labute approximate surface area is 89.5 Å². The second kappa shape index (κ2) is 4.01. The minimum Gasteiger partial charge on any atom is -0.466 e. The maximum absolute atomic E-state index is 11.5. The molecule has 0 aromatic carbocycles. The molecule has 80 valence electrons. The number of nitrogens with zero attached hydrogens (tertiary/aromatic N) is 1. The number of rotatable bonds is 3. The summed E-state index contributed by atoms with van der Waals surface area (Å²) >= 11 is 0. The van der Waals surface area contributed by atoms with Gasteiger partial charge in [-0.15, -0.1) is 0 Å². The van der Waals surface area contributed by atoms with Crippen LogP contribution in [0.3, 0.4) is 0 Å². The van der Waals surface area contributed by atoms with Crippen molar-refractivity contribution in [2.75, 3.05) is 6.61 Å². The fourth-order valence-corrected chi connectivity index (χ4v) is 1.91. The lowest BCUT2D eigenvalue weighted by atomic mass is 10.1. The van der Waals surface area contributed by atoms with Crippen LogP contribution in [0.5, 0.6) is 0 Å². The summed E-state index contributed by atoms with van der Waals surface area (Å²) in [7, 11) is 0. The summed E-state index contributed by atoms with van der Waals surface area (Å²) in [6.07, 6.45) is 4.55. The van der Waals surface area contributed by atoms with E-state index in [1.54, 1.807) is 6.20 Å². The second-order valence-electron chi connectivity index (χ2n) is 3.93. The third-order valence-electron chi connectivity index (χ3n) is 2.86. The van der Waals surface area contributed by atoms with Crippen molar-refractivity contribution in [2.24, 2.45) is 5.92 Å². The van der Waals surface area contributed by atoms with E-state index < -0.39 is 0 Å². The van der Waals surface area contributed by atoms with E-state index in [4.69, 9.17) is 4.74 Å². The Hall–Kier alpha value is -1.38. The molecule has 1 heterocycles. The van der Waals surface area contributed by atoms with E-state index >= 15 is 0 Å². The number of pyridine rings is 1. The molecule has 15 heavy (non-hydrogen) atoms. The summed E-state index contributed by atoms with van der Waals surface area (Å²) < 4.78 is 5.00. The van der Waals surface area contributed by atoms with E-state index in [0.717, 1.165) is 6.42 Å². The Morgan fingerprint density at radius 1 is 1.67 bits per heavy atom. The molecule has 0 saturated heterocycles. The largest absolute Gasteiger partial charge is 0.466 e. The molecule has 0 aliphatic heterocycles. The number of carbonyl (C=O) groups excluding carboxylic acids is 1. The molecule has 0 spiro atoms. The highest BCUT2D eigenvalue weighted by atomic mass is 16.5. The topological polar surface area (TPSA) is 39.2 Å². The van der Waals surface area contributed by atoms with Gasteiger partial charge in [0, 0.05) is 12.4 Å². The second-order valence-corrected chi connectivity index (χ2v) is 3.93. The molecule has 3 heteroatoms. The lowest BCUT2D eigenvalue weighted by Gasteiger charge is -2.03. The van der Waals surface area contributed by atoms with Gasteiger partial charge in [0.2, 0.25) is 0 Å². The van der Waals surface area contributed by atoms with E-state index in [1.165, 1.54) is 11.1 Å². The average molecular weight is 205 g/mol. The molecule has 1 aliphatic carbocycles. The van der Waals surface area contributed by atoms with Crippen molar-refractivity contribution in [3.8, 4) is 0 Å². The van der Waals surface area contributed by atoms with Gasteiger partial charge in [-0.25, -0.2) is 0 Å². The molecule has 0 N–H and O–H groups in total. The molecular formula is C12H15NO2. The van der Waals surface area contributed by atoms with E-state index in [1.807, 2.05) is 19.2 Å². The molecular weight excluding hydrogens is 190 g/mol. The quantitative estimate of drug-likeness (QED) is 0.709. The van der Waals surface area contributed by atoms with Gasteiger partial charge in [-0.3, -0.25) is 9.78 Å². The van der Waals surface area contributed by atoms with Gasteiger partial charge in [0.05, 0.1) is 12.5 Å². The number of hydrogen-bond acceptors (Lipinski definition) is 3. The van der Waals surface area contributed by atoms with Crippen molar-refractivity contribution < 1.29 is 9.53 Å². The predicted molar refractivity (Wildman–Crippen MR) is 56.5 cm³/mol. The summed E-state index contributed by atoms with van der Waals surface area (Å²) in [5, 5.41) is 0. The smallest absolute Gasteiger partial charge is 0.309 e. The summed E-state index contributed by atoms with van der Waals surface area (Å²) in [6, 6.07) is 1.98. The van der Waals surface area contributed by atoms with Crippen LogP contribution in [0.1, 0.15) is 30.4 Å². The maximum atomic E-state index is 11.5. The number of esters is 1. The molecule has 1 aromatic rings. The predicted octanol–water partition coefficient (Wildman–Crippen LogP) is 2.06. The van der Waals surface area contributed by atoms with Crippen molar-refractivity contribution in [2.45, 2.75) is 26.2 Å². The number of aromatic nitrogens is 1. The molecule has 1 saturated carbocycles. The fraction of sp³-hybridized carbons (Fsp3) is 0.500. The van der Waals surface area contributed by atoms with Crippen LogP contribution in [-0.2, 0) is 9.53 Å². The first-order valence-corrected chi connectivity index (χ1v) is 5.31. The summed E-state index contributed by atoms with van der Waals surface area (Å²) in [4.78, 5) is 15.6. The molecule has 1 aromatic heterocycles. The molecule has 2 rings (SSSR count). The molecule has 1 fully saturated rings. The standard InChI is InChI=1S/C12H15NO2/c1-3-15-12(14)10-6-9(10)11-7-13-5-4-8(11)2/h4-5,7,9-10H,3,6H2,1-2H3. The first-order valence-electron chi connectivity index (χ1n) is 5.31. The van der Waals surface area contributed by atoms with E-state index in [0.29, 0.717) is 12.5 Å². The summed E-state index contributed by atoms with van der Waals surface area (Å²) in [6.45, 7) is 4.36. The van der Waals surface area contributed by atoms with Crippen molar-refractivity contribution >= 4 is 5.97 Å². The lowest BCUT2D eigenvalue weighted by molar-refractivity contribution is -0.144. The minimum atomic E-state index is -0.0641. The van der Waals surface area contributed by atoms with Gasteiger partial charge in [-0.2, -0.15) is 0 Å². The van der Waals surface area contributed by atoms with Crippen LogP contribution in [0.2, 0.25) is 0 Å². The third-order valence-corrected chi connectivity index (χ3v) is 2.86. The normalized spacial score (nSPS) is 23.6. The Kier molecular flexibility index (Phi) is 2.71. The number of ether oxygens (including phenoxy) is 1. The van der Waals surface area contributed by atoms with Gasteiger partial charge in [0.1, 0.15) is 0 Å². The Morgan fingerprint density at radius 2 is 2.47 bits per heavy atom. The van der Waals surface area contributed by atoms with E-state index in [9.17, 15) is 4.79 Å². The fourth-order valence-electron chi connectivity index (χ4n) is 1.91. The zero-order valence-electron chi connectivity index (χ0n) is 9.06. The first-order chi connectivity index (χ1) is 7.24. The maximum Gasteiger partial charge on any atom is 0.309 e. The van der Waals surface area contributed by atoms with E-state index in [2.05, 4.69) is 11.9 Å². The highest BCUT2D eigenvalue weighted by Crippen LogP contribution is 2.48. The highest BCUT2D eigenvalue weighted by Gasteiger charge is 2.45. The first kappa shape index (κ1) is 10.1. The zero-order chi connectivity index (χ0) is 10.8. The van der Waals surface area contributed by atoms with Gasteiger partial charge in [0.15, 0.2) is 0 Å². The monoisotopic (exact) mass is 205 g/mol. The van der Waals surface area contributed by atoms with Crippen LogP contribution in [0.4, 0.5) is 0 Å². The SMILES string of the molecule is CCOC(=O)C1CC1c1cnccc1C. The van der Waals surface area contributed by atoms with Gasteiger partial charge >= 0.3 is 5.97 Å². The number of hydrogen-bond donors (Lipinski definition) is 0. The third kappa shape index (κ3) is 2.01. The molecule has 2 unspecified atom stereocenters.